The monoisotopic (exact) mass is 316 g/mol. The third-order valence-corrected chi connectivity index (χ3v) is 3.31. The Hall–Kier alpha value is -2.40. The number of amides is 1. The average Bonchev–Trinajstić information content (AvgIpc) is 2.91. The lowest BCUT2D eigenvalue weighted by Gasteiger charge is -2.08. The zero-order chi connectivity index (χ0) is 14.8. The summed E-state index contributed by atoms with van der Waals surface area (Å²) in [4.78, 5) is 20.4. The molecule has 0 aliphatic heterocycles. The van der Waals surface area contributed by atoms with E-state index < -0.39 is 0 Å². The van der Waals surface area contributed by atoms with Crippen molar-refractivity contribution in [3.63, 3.8) is 0 Å². The van der Waals surface area contributed by atoms with Crippen molar-refractivity contribution >= 4 is 35.0 Å². The Morgan fingerprint density at radius 3 is 2.77 bits per heavy atom. The highest BCUT2D eigenvalue weighted by atomic mass is 35.5. The molecule has 0 aliphatic rings. The Labute approximate surface area is 134 Å². The van der Waals surface area contributed by atoms with E-state index in [1.54, 1.807) is 24.5 Å². The second-order valence-electron chi connectivity index (χ2n) is 5.14. The number of benzene rings is 1. The molecule has 2 heterocycles. The van der Waals surface area contributed by atoms with E-state index in [1.807, 2.05) is 24.5 Å². The van der Waals surface area contributed by atoms with E-state index in [9.17, 15) is 4.79 Å². The minimum absolute atomic E-state index is 0. The van der Waals surface area contributed by atoms with Crippen molar-refractivity contribution in [1.82, 2.24) is 14.5 Å². The van der Waals surface area contributed by atoms with Crippen LogP contribution in [0.25, 0.3) is 11.0 Å². The lowest BCUT2D eigenvalue weighted by atomic mass is 10.2. The molecule has 0 bridgehead atoms. The van der Waals surface area contributed by atoms with Crippen molar-refractivity contribution in [2.75, 3.05) is 5.32 Å². The van der Waals surface area contributed by atoms with Gasteiger partial charge in [-0.15, -0.1) is 12.4 Å². The molecule has 114 valence electrons. The lowest BCUT2D eigenvalue weighted by molar-refractivity contribution is 0.102. The van der Waals surface area contributed by atoms with Crippen LogP contribution in [0.15, 0.2) is 49.1 Å². The Morgan fingerprint density at radius 2 is 2.09 bits per heavy atom. The minimum atomic E-state index is -0.175. The van der Waals surface area contributed by atoms with E-state index in [0.717, 1.165) is 16.7 Å². The molecule has 3 aromatic rings. The number of halogens is 1. The number of imidazole rings is 1. The van der Waals surface area contributed by atoms with Gasteiger partial charge in [-0.2, -0.15) is 0 Å². The third-order valence-electron chi connectivity index (χ3n) is 3.31. The number of nitrogens with zero attached hydrogens (tertiary/aromatic N) is 3. The number of hydrogen-bond donors (Lipinski definition) is 1. The van der Waals surface area contributed by atoms with E-state index in [0.29, 0.717) is 11.6 Å². The molecule has 0 atom stereocenters. The molecular weight excluding hydrogens is 300 g/mol. The fraction of sp³-hybridized carbons (Fsp3) is 0.188. The number of rotatable bonds is 3. The summed E-state index contributed by atoms with van der Waals surface area (Å²) in [6.07, 6.45) is 5.00. The first kappa shape index (κ1) is 16.0. The van der Waals surface area contributed by atoms with Crippen molar-refractivity contribution in [3.05, 3.63) is 54.6 Å². The molecule has 0 saturated carbocycles. The number of carbonyl (C=O) groups is 1. The number of hydrogen-bond acceptors (Lipinski definition) is 3. The van der Waals surface area contributed by atoms with Gasteiger partial charge in [0.1, 0.15) is 0 Å². The predicted molar refractivity (Wildman–Crippen MR) is 89.6 cm³/mol. The maximum Gasteiger partial charge on any atom is 0.257 e. The van der Waals surface area contributed by atoms with Crippen molar-refractivity contribution in [1.29, 1.82) is 0 Å². The number of pyridine rings is 1. The maximum absolute atomic E-state index is 12.1. The third kappa shape index (κ3) is 3.09. The van der Waals surface area contributed by atoms with Crippen LogP contribution >= 0.6 is 12.4 Å². The fourth-order valence-electron chi connectivity index (χ4n) is 2.22. The van der Waals surface area contributed by atoms with Gasteiger partial charge in [-0.1, -0.05) is 0 Å². The van der Waals surface area contributed by atoms with E-state index in [-0.39, 0.29) is 18.3 Å². The average molecular weight is 317 g/mol. The molecule has 1 aromatic carbocycles. The Morgan fingerprint density at radius 1 is 1.27 bits per heavy atom. The molecule has 0 aliphatic carbocycles. The van der Waals surface area contributed by atoms with Crippen LogP contribution in [-0.4, -0.2) is 20.4 Å². The summed E-state index contributed by atoms with van der Waals surface area (Å²) in [5, 5.41) is 2.86. The Kier molecular flexibility index (Phi) is 4.78. The highest BCUT2D eigenvalue weighted by Gasteiger charge is 2.09. The zero-order valence-electron chi connectivity index (χ0n) is 12.4. The van der Waals surface area contributed by atoms with Crippen molar-refractivity contribution < 1.29 is 4.79 Å². The maximum atomic E-state index is 12.1. The Balaban J connectivity index is 0.00000176. The normalized spacial score (nSPS) is 10.5. The van der Waals surface area contributed by atoms with Crippen LogP contribution in [0.2, 0.25) is 0 Å². The van der Waals surface area contributed by atoms with Crippen LogP contribution in [0.5, 0.6) is 0 Å². The van der Waals surface area contributed by atoms with E-state index in [4.69, 9.17) is 0 Å². The van der Waals surface area contributed by atoms with Gasteiger partial charge < -0.3 is 9.88 Å². The first-order valence-electron chi connectivity index (χ1n) is 6.83. The summed E-state index contributed by atoms with van der Waals surface area (Å²) >= 11 is 0. The van der Waals surface area contributed by atoms with E-state index in [1.165, 1.54) is 0 Å². The van der Waals surface area contributed by atoms with Crippen LogP contribution in [0.4, 0.5) is 5.69 Å². The molecule has 22 heavy (non-hydrogen) atoms. The lowest BCUT2D eigenvalue weighted by Crippen LogP contribution is -2.11. The van der Waals surface area contributed by atoms with Crippen molar-refractivity contribution in [3.8, 4) is 0 Å². The second kappa shape index (κ2) is 6.58. The predicted octanol–water partition coefficient (Wildman–Crippen LogP) is 3.69. The molecule has 0 saturated heterocycles. The number of nitrogens with one attached hydrogen (secondary N) is 1. The van der Waals surface area contributed by atoms with Gasteiger partial charge in [0.05, 0.1) is 22.9 Å². The molecule has 3 rings (SSSR count). The van der Waals surface area contributed by atoms with Gasteiger partial charge in [0.15, 0.2) is 0 Å². The van der Waals surface area contributed by atoms with Crippen molar-refractivity contribution in [2.45, 2.75) is 19.9 Å². The number of fused-ring (bicyclic) bond motifs is 1. The van der Waals surface area contributed by atoms with Gasteiger partial charge in [0.25, 0.3) is 5.91 Å². The van der Waals surface area contributed by atoms with Gasteiger partial charge in [-0.3, -0.25) is 9.78 Å². The fourth-order valence-corrected chi connectivity index (χ4v) is 2.22. The van der Waals surface area contributed by atoms with E-state index >= 15 is 0 Å². The topological polar surface area (TPSA) is 59.8 Å². The largest absolute Gasteiger partial charge is 0.328 e. The highest BCUT2D eigenvalue weighted by Crippen LogP contribution is 2.21. The van der Waals surface area contributed by atoms with Crippen LogP contribution < -0.4 is 5.32 Å². The summed E-state index contributed by atoms with van der Waals surface area (Å²) in [7, 11) is 0. The Bertz CT molecular complexity index is 783. The SMILES string of the molecule is CC(C)n1cnc2cc(NC(=O)c3cccnc3)ccc21.Cl. The van der Waals surface area contributed by atoms with Gasteiger partial charge in [0, 0.05) is 24.1 Å². The van der Waals surface area contributed by atoms with Crippen LogP contribution in [0.3, 0.4) is 0 Å². The van der Waals surface area contributed by atoms with Crippen molar-refractivity contribution in [2.24, 2.45) is 0 Å². The van der Waals surface area contributed by atoms with Gasteiger partial charge >= 0.3 is 0 Å². The van der Waals surface area contributed by atoms with Crippen LogP contribution in [-0.2, 0) is 0 Å². The minimum Gasteiger partial charge on any atom is -0.328 e. The number of carbonyl (C=O) groups excluding carboxylic acids is 1. The van der Waals surface area contributed by atoms with Gasteiger partial charge in [0.2, 0.25) is 0 Å². The molecule has 2 aromatic heterocycles. The van der Waals surface area contributed by atoms with E-state index in [2.05, 4.69) is 33.7 Å². The molecular formula is C16H17ClN4O. The number of aromatic nitrogens is 3. The standard InChI is InChI=1S/C16H16N4O.ClH/c1-11(2)20-10-18-14-8-13(5-6-15(14)20)19-16(21)12-4-3-7-17-9-12;/h3-11H,1-2H3,(H,19,21);1H. The van der Waals surface area contributed by atoms with Crippen LogP contribution in [0, 0.1) is 0 Å². The number of anilines is 1. The first-order valence-corrected chi connectivity index (χ1v) is 6.83. The molecule has 0 fully saturated rings. The highest BCUT2D eigenvalue weighted by molar-refractivity contribution is 6.04. The molecule has 0 unspecified atom stereocenters. The smallest absolute Gasteiger partial charge is 0.257 e. The quantitative estimate of drug-likeness (QED) is 0.801. The molecule has 5 nitrogen and oxygen atoms in total. The molecule has 1 amide bonds. The summed E-state index contributed by atoms with van der Waals surface area (Å²) in [6.45, 7) is 4.22. The molecule has 0 spiro atoms. The molecule has 0 radical (unpaired) electrons. The summed E-state index contributed by atoms with van der Waals surface area (Å²) in [6, 6.07) is 9.56. The first-order chi connectivity index (χ1) is 10.1. The summed E-state index contributed by atoms with van der Waals surface area (Å²) < 4.78 is 2.10. The van der Waals surface area contributed by atoms with Gasteiger partial charge in [-0.25, -0.2) is 4.98 Å². The van der Waals surface area contributed by atoms with Gasteiger partial charge in [-0.05, 0) is 44.2 Å². The summed E-state index contributed by atoms with van der Waals surface area (Å²) in [5.41, 5.74) is 3.19. The zero-order valence-corrected chi connectivity index (χ0v) is 13.2. The molecule has 1 N–H and O–H groups in total. The summed E-state index contributed by atoms with van der Waals surface area (Å²) in [5.74, 6) is -0.175. The molecule has 6 heteroatoms. The van der Waals surface area contributed by atoms with Crippen LogP contribution in [0.1, 0.15) is 30.2 Å². The second-order valence-corrected chi connectivity index (χ2v) is 5.14.